The average Bonchev–Trinajstić information content (AvgIpc) is 2.71. The molecule has 0 N–H and O–H groups in total. The number of fused-ring (bicyclic) bond motifs is 1. The molecular formula is C23H26F3N3O. The molecule has 0 bridgehead atoms. The van der Waals surface area contributed by atoms with Crippen LogP contribution in [0.5, 0.6) is 0 Å². The number of carbonyl (C=O) groups is 1. The fourth-order valence-corrected chi connectivity index (χ4v) is 3.54. The highest BCUT2D eigenvalue weighted by molar-refractivity contribution is 6.08. The number of amides is 1. The summed E-state index contributed by atoms with van der Waals surface area (Å²) in [5.41, 5.74) is 3.43. The minimum absolute atomic E-state index is 0.197. The third kappa shape index (κ3) is 4.50. The smallest absolute Gasteiger partial charge is 0.366 e. The molecule has 0 atom stereocenters. The van der Waals surface area contributed by atoms with Crippen molar-refractivity contribution in [2.24, 2.45) is 4.99 Å². The van der Waals surface area contributed by atoms with Crippen LogP contribution >= 0.6 is 0 Å². The van der Waals surface area contributed by atoms with Gasteiger partial charge < -0.3 is 9.80 Å². The molecule has 2 aromatic carbocycles. The van der Waals surface area contributed by atoms with Crippen molar-refractivity contribution in [3.05, 3.63) is 58.1 Å². The van der Waals surface area contributed by atoms with Gasteiger partial charge in [0.2, 0.25) is 0 Å². The van der Waals surface area contributed by atoms with Gasteiger partial charge in [0, 0.05) is 31.4 Å². The molecule has 4 nitrogen and oxygen atoms in total. The van der Waals surface area contributed by atoms with E-state index in [9.17, 15) is 18.0 Å². The highest BCUT2D eigenvalue weighted by Gasteiger charge is 2.33. The number of rotatable bonds is 4. The van der Waals surface area contributed by atoms with Crippen molar-refractivity contribution in [1.82, 2.24) is 4.90 Å². The molecular weight excluding hydrogens is 391 g/mol. The number of aliphatic imine (C=N–C) groups is 1. The third-order valence-electron chi connectivity index (χ3n) is 5.44. The van der Waals surface area contributed by atoms with Gasteiger partial charge in [-0.2, -0.15) is 13.2 Å². The molecule has 1 amide bonds. The third-order valence-corrected chi connectivity index (χ3v) is 5.44. The molecule has 1 aliphatic heterocycles. The standard InChI is InChI=1S/C23H26F3N3O/c1-5-28(4)14-27-20-12-15(2)19(11-16(20)3)22(30)29-10-6-7-17-13-18(23(24,25)26)8-9-21(17)29/h8-9,11-14H,5-7,10H2,1-4H3. The molecule has 3 rings (SSSR count). The molecule has 1 heterocycles. The number of halogens is 3. The van der Waals surface area contributed by atoms with Crippen molar-refractivity contribution in [1.29, 1.82) is 0 Å². The topological polar surface area (TPSA) is 35.9 Å². The number of carbonyl (C=O) groups excluding carboxylic acids is 1. The molecule has 0 unspecified atom stereocenters. The second-order valence-corrected chi connectivity index (χ2v) is 7.67. The summed E-state index contributed by atoms with van der Waals surface area (Å²) in [7, 11) is 1.93. The van der Waals surface area contributed by atoms with Crippen LogP contribution in [-0.4, -0.2) is 37.3 Å². The van der Waals surface area contributed by atoms with Gasteiger partial charge in [-0.1, -0.05) is 0 Å². The molecule has 0 spiro atoms. The lowest BCUT2D eigenvalue weighted by atomic mass is 9.96. The maximum atomic E-state index is 13.3. The molecule has 0 aromatic heterocycles. The molecule has 0 radical (unpaired) electrons. The van der Waals surface area contributed by atoms with Crippen LogP contribution in [0.3, 0.4) is 0 Å². The highest BCUT2D eigenvalue weighted by Crippen LogP contribution is 2.36. The molecule has 30 heavy (non-hydrogen) atoms. The van der Waals surface area contributed by atoms with Crippen molar-refractivity contribution in [2.45, 2.75) is 39.8 Å². The van der Waals surface area contributed by atoms with Gasteiger partial charge in [0.1, 0.15) is 0 Å². The van der Waals surface area contributed by atoms with E-state index in [2.05, 4.69) is 4.99 Å². The Morgan fingerprint density at radius 2 is 1.93 bits per heavy atom. The van der Waals surface area contributed by atoms with Crippen molar-refractivity contribution >= 4 is 23.6 Å². The van der Waals surface area contributed by atoms with Crippen LogP contribution in [0.25, 0.3) is 0 Å². The van der Waals surface area contributed by atoms with Crippen molar-refractivity contribution < 1.29 is 18.0 Å². The first-order chi connectivity index (χ1) is 14.1. The summed E-state index contributed by atoms with van der Waals surface area (Å²) in [5, 5.41) is 0. The van der Waals surface area contributed by atoms with E-state index in [1.54, 1.807) is 11.2 Å². The van der Waals surface area contributed by atoms with E-state index in [4.69, 9.17) is 0 Å². The lowest BCUT2D eigenvalue weighted by molar-refractivity contribution is -0.137. The van der Waals surface area contributed by atoms with Crippen LogP contribution in [0.4, 0.5) is 24.5 Å². The van der Waals surface area contributed by atoms with Crippen molar-refractivity contribution in [3.63, 3.8) is 0 Å². The summed E-state index contributed by atoms with van der Waals surface area (Å²) in [6, 6.07) is 7.31. The molecule has 0 aliphatic carbocycles. The number of anilines is 1. The van der Waals surface area contributed by atoms with Crippen LogP contribution in [0.1, 0.15) is 46.0 Å². The van der Waals surface area contributed by atoms with E-state index in [1.807, 2.05) is 44.9 Å². The zero-order valence-corrected chi connectivity index (χ0v) is 17.7. The van der Waals surface area contributed by atoms with E-state index in [0.717, 1.165) is 35.5 Å². The van der Waals surface area contributed by atoms with E-state index >= 15 is 0 Å². The molecule has 1 aliphatic rings. The van der Waals surface area contributed by atoms with Gasteiger partial charge in [-0.05, 0) is 80.6 Å². The van der Waals surface area contributed by atoms with Crippen molar-refractivity contribution in [2.75, 3.05) is 25.0 Å². The predicted molar refractivity (Wildman–Crippen MR) is 114 cm³/mol. The first-order valence-electron chi connectivity index (χ1n) is 9.99. The largest absolute Gasteiger partial charge is 0.416 e. The Morgan fingerprint density at radius 1 is 1.20 bits per heavy atom. The van der Waals surface area contributed by atoms with Crippen LogP contribution in [0, 0.1) is 13.8 Å². The molecule has 0 saturated heterocycles. The quantitative estimate of drug-likeness (QED) is 0.485. The van der Waals surface area contributed by atoms with Gasteiger partial charge in [-0.3, -0.25) is 4.79 Å². The zero-order chi connectivity index (χ0) is 22.1. The monoisotopic (exact) mass is 417 g/mol. The number of hydrogen-bond donors (Lipinski definition) is 0. The lowest BCUT2D eigenvalue weighted by Gasteiger charge is -2.30. The summed E-state index contributed by atoms with van der Waals surface area (Å²) >= 11 is 0. The Labute approximate surface area is 175 Å². The average molecular weight is 417 g/mol. The first kappa shape index (κ1) is 21.9. The normalized spacial score (nSPS) is 14.2. The number of nitrogens with zero attached hydrogens (tertiary/aromatic N) is 3. The van der Waals surface area contributed by atoms with Crippen LogP contribution in [0.2, 0.25) is 0 Å². The molecule has 7 heteroatoms. The van der Waals surface area contributed by atoms with Gasteiger partial charge in [-0.15, -0.1) is 0 Å². The Morgan fingerprint density at radius 3 is 2.60 bits per heavy atom. The molecule has 160 valence electrons. The number of hydrogen-bond acceptors (Lipinski definition) is 2. The van der Waals surface area contributed by atoms with Crippen LogP contribution in [0.15, 0.2) is 35.3 Å². The lowest BCUT2D eigenvalue weighted by Crippen LogP contribution is -2.36. The van der Waals surface area contributed by atoms with E-state index < -0.39 is 11.7 Å². The van der Waals surface area contributed by atoms with Gasteiger partial charge in [-0.25, -0.2) is 4.99 Å². The number of benzene rings is 2. The SMILES string of the molecule is CCN(C)C=Nc1cc(C)c(C(=O)N2CCCc3cc(C(F)(F)F)ccc32)cc1C. The molecule has 2 aromatic rings. The number of alkyl halides is 3. The Balaban J connectivity index is 1.93. The van der Waals surface area contributed by atoms with Crippen LogP contribution in [-0.2, 0) is 12.6 Å². The highest BCUT2D eigenvalue weighted by atomic mass is 19.4. The summed E-state index contributed by atoms with van der Waals surface area (Å²) in [5.74, 6) is -0.197. The van der Waals surface area contributed by atoms with Crippen molar-refractivity contribution in [3.8, 4) is 0 Å². The van der Waals surface area contributed by atoms with Gasteiger partial charge >= 0.3 is 6.18 Å². The predicted octanol–water partition coefficient (Wildman–Crippen LogP) is 5.53. The summed E-state index contributed by atoms with van der Waals surface area (Å²) in [4.78, 5) is 21.3. The Bertz CT molecular complexity index is 982. The van der Waals surface area contributed by atoms with Gasteiger partial charge in [0.15, 0.2) is 0 Å². The second-order valence-electron chi connectivity index (χ2n) is 7.67. The maximum absolute atomic E-state index is 13.3. The number of aryl methyl sites for hydroxylation is 3. The van der Waals surface area contributed by atoms with Gasteiger partial charge in [0.25, 0.3) is 5.91 Å². The Hall–Kier alpha value is -2.83. The van der Waals surface area contributed by atoms with Crippen LogP contribution < -0.4 is 4.90 Å². The Kier molecular flexibility index (Phi) is 6.19. The molecule has 0 saturated carbocycles. The maximum Gasteiger partial charge on any atom is 0.416 e. The van der Waals surface area contributed by atoms with E-state index in [0.29, 0.717) is 36.2 Å². The summed E-state index contributed by atoms with van der Waals surface area (Å²) in [6.45, 7) is 7.10. The minimum Gasteiger partial charge on any atom is -0.366 e. The second kappa shape index (κ2) is 8.50. The fourth-order valence-electron chi connectivity index (χ4n) is 3.54. The first-order valence-corrected chi connectivity index (χ1v) is 9.99. The van der Waals surface area contributed by atoms with E-state index in [1.165, 1.54) is 6.07 Å². The molecule has 0 fully saturated rings. The zero-order valence-electron chi connectivity index (χ0n) is 17.7. The fraction of sp³-hybridized carbons (Fsp3) is 0.391. The summed E-state index contributed by atoms with van der Waals surface area (Å²) in [6.07, 6.45) is -1.48. The summed E-state index contributed by atoms with van der Waals surface area (Å²) < 4.78 is 39.2. The van der Waals surface area contributed by atoms with E-state index in [-0.39, 0.29) is 5.91 Å². The minimum atomic E-state index is -4.39. The van der Waals surface area contributed by atoms with Gasteiger partial charge in [0.05, 0.1) is 17.6 Å².